The number of aryl methyl sites for hydroxylation is 1. The number of carbonyl (C=O) groups is 1. The SMILES string of the molecule is CC(C)Cn1c(C2CCCN2C(=O)CCn2cnnn2)nc2ccccc21. The van der Waals surface area contributed by atoms with Gasteiger partial charge in [-0.2, -0.15) is 0 Å². The van der Waals surface area contributed by atoms with E-state index in [1.165, 1.54) is 6.33 Å². The van der Waals surface area contributed by atoms with E-state index in [1.54, 1.807) is 4.68 Å². The second-order valence-electron chi connectivity index (χ2n) is 7.53. The zero-order chi connectivity index (χ0) is 18.8. The summed E-state index contributed by atoms with van der Waals surface area (Å²) < 4.78 is 3.90. The molecule has 1 aliphatic rings. The lowest BCUT2D eigenvalue weighted by Crippen LogP contribution is -2.32. The van der Waals surface area contributed by atoms with Crippen LogP contribution in [0.1, 0.15) is 45.0 Å². The third-order valence-electron chi connectivity index (χ3n) is 5.05. The first-order valence-corrected chi connectivity index (χ1v) is 9.59. The molecular weight excluding hydrogens is 342 g/mol. The number of aromatic nitrogens is 6. The molecule has 1 aromatic carbocycles. The zero-order valence-corrected chi connectivity index (χ0v) is 15.8. The average molecular weight is 367 g/mol. The quantitative estimate of drug-likeness (QED) is 0.668. The fraction of sp³-hybridized carbons (Fsp3) is 0.526. The number of tetrazole rings is 1. The Balaban J connectivity index is 1.60. The summed E-state index contributed by atoms with van der Waals surface area (Å²) in [7, 11) is 0. The molecule has 0 radical (unpaired) electrons. The molecule has 3 aromatic rings. The summed E-state index contributed by atoms with van der Waals surface area (Å²) >= 11 is 0. The first-order valence-electron chi connectivity index (χ1n) is 9.59. The number of rotatable bonds is 6. The molecule has 0 bridgehead atoms. The highest BCUT2D eigenvalue weighted by Crippen LogP contribution is 2.34. The molecule has 1 fully saturated rings. The van der Waals surface area contributed by atoms with Crippen molar-refractivity contribution in [1.29, 1.82) is 0 Å². The summed E-state index contributed by atoms with van der Waals surface area (Å²) in [6.07, 6.45) is 3.90. The van der Waals surface area contributed by atoms with Gasteiger partial charge in [0.1, 0.15) is 12.2 Å². The molecule has 1 saturated heterocycles. The summed E-state index contributed by atoms with van der Waals surface area (Å²) in [5.74, 6) is 1.65. The number of amides is 1. The Hall–Kier alpha value is -2.77. The topological polar surface area (TPSA) is 81.7 Å². The highest BCUT2D eigenvalue weighted by Gasteiger charge is 2.33. The molecule has 2 aromatic heterocycles. The van der Waals surface area contributed by atoms with Crippen molar-refractivity contribution in [1.82, 2.24) is 34.7 Å². The van der Waals surface area contributed by atoms with Crippen LogP contribution < -0.4 is 0 Å². The second kappa shape index (κ2) is 7.46. The minimum Gasteiger partial charge on any atom is -0.332 e. The molecule has 1 atom stereocenters. The second-order valence-corrected chi connectivity index (χ2v) is 7.53. The van der Waals surface area contributed by atoms with Crippen molar-refractivity contribution < 1.29 is 4.79 Å². The van der Waals surface area contributed by atoms with Crippen LogP contribution in [0.25, 0.3) is 11.0 Å². The van der Waals surface area contributed by atoms with Crippen molar-refractivity contribution in [3.63, 3.8) is 0 Å². The van der Waals surface area contributed by atoms with Gasteiger partial charge in [0.15, 0.2) is 0 Å². The Morgan fingerprint density at radius 2 is 2.15 bits per heavy atom. The van der Waals surface area contributed by atoms with Crippen molar-refractivity contribution in [3.8, 4) is 0 Å². The summed E-state index contributed by atoms with van der Waals surface area (Å²) in [6.45, 7) is 6.60. The maximum absolute atomic E-state index is 12.9. The van der Waals surface area contributed by atoms with E-state index < -0.39 is 0 Å². The number of nitrogens with zero attached hydrogens (tertiary/aromatic N) is 7. The number of para-hydroxylation sites is 2. The monoisotopic (exact) mass is 367 g/mol. The maximum atomic E-state index is 12.9. The van der Waals surface area contributed by atoms with E-state index in [2.05, 4.69) is 46.1 Å². The normalized spacial score (nSPS) is 17.3. The number of imidazole rings is 1. The lowest BCUT2D eigenvalue weighted by molar-refractivity contribution is -0.132. The van der Waals surface area contributed by atoms with E-state index in [0.29, 0.717) is 18.9 Å². The van der Waals surface area contributed by atoms with Gasteiger partial charge in [-0.3, -0.25) is 4.79 Å². The first-order chi connectivity index (χ1) is 13.1. The molecule has 1 amide bonds. The molecular formula is C19H25N7O. The van der Waals surface area contributed by atoms with Crippen LogP contribution in [-0.4, -0.2) is 47.1 Å². The molecule has 3 heterocycles. The van der Waals surface area contributed by atoms with Crippen molar-refractivity contribution in [2.75, 3.05) is 6.54 Å². The number of benzene rings is 1. The molecule has 1 unspecified atom stereocenters. The van der Waals surface area contributed by atoms with E-state index >= 15 is 0 Å². The van der Waals surface area contributed by atoms with Gasteiger partial charge < -0.3 is 9.47 Å². The van der Waals surface area contributed by atoms with Crippen molar-refractivity contribution >= 4 is 16.9 Å². The fourth-order valence-electron chi connectivity index (χ4n) is 3.88. The summed E-state index contributed by atoms with van der Waals surface area (Å²) in [5.41, 5.74) is 2.15. The van der Waals surface area contributed by atoms with Crippen molar-refractivity contribution in [2.24, 2.45) is 5.92 Å². The van der Waals surface area contributed by atoms with E-state index in [9.17, 15) is 4.79 Å². The van der Waals surface area contributed by atoms with Gasteiger partial charge in [-0.15, -0.1) is 5.10 Å². The number of carbonyl (C=O) groups excluding carboxylic acids is 1. The van der Waals surface area contributed by atoms with Crippen LogP contribution in [-0.2, 0) is 17.9 Å². The van der Waals surface area contributed by atoms with Crippen molar-refractivity contribution in [2.45, 2.75) is 52.2 Å². The van der Waals surface area contributed by atoms with E-state index in [-0.39, 0.29) is 11.9 Å². The Labute approximate surface area is 158 Å². The molecule has 1 aliphatic heterocycles. The highest BCUT2D eigenvalue weighted by molar-refractivity contribution is 5.78. The van der Waals surface area contributed by atoms with E-state index in [1.807, 2.05) is 17.0 Å². The van der Waals surface area contributed by atoms with Gasteiger partial charge in [0, 0.05) is 19.5 Å². The van der Waals surface area contributed by atoms with Crippen LogP contribution in [0.15, 0.2) is 30.6 Å². The number of hydrogen-bond acceptors (Lipinski definition) is 5. The van der Waals surface area contributed by atoms with Crippen LogP contribution in [0.5, 0.6) is 0 Å². The average Bonchev–Trinajstić information content (AvgIpc) is 3.39. The van der Waals surface area contributed by atoms with Crippen molar-refractivity contribution in [3.05, 3.63) is 36.4 Å². The summed E-state index contributed by atoms with van der Waals surface area (Å²) in [4.78, 5) is 19.8. The van der Waals surface area contributed by atoms with Gasteiger partial charge in [-0.1, -0.05) is 26.0 Å². The summed E-state index contributed by atoms with van der Waals surface area (Å²) in [5, 5.41) is 11.1. The molecule has 0 spiro atoms. The third-order valence-corrected chi connectivity index (χ3v) is 5.05. The molecule has 0 aliphatic carbocycles. The zero-order valence-electron chi connectivity index (χ0n) is 15.8. The predicted molar refractivity (Wildman–Crippen MR) is 101 cm³/mol. The maximum Gasteiger partial charge on any atom is 0.225 e. The smallest absolute Gasteiger partial charge is 0.225 e. The van der Waals surface area contributed by atoms with Gasteiger partial charge in [0.05, 0.1) is 23.6 Å². The Morgan fingerprint density at radius 3 is 2.93 bits per heavy atom. The van der Waals surface area contributed by atoms with Gasteiger partial charge >= 0.3 is 0 Å². The highest BCUT2D eigenvalue weighted by atomic mass is 16.2. The molecule has 8 nitrogen and oxygen atoms in total. The van der Waals surface area contributed by atoms with E-state index in [4.69, 9.17) is 4.98 Å². The Kier molecular flexibility index (Phi) is 4.87. The number of likely N-dealkylation sites (tertiary alicyclic amines) is 1. The van der Waals surface area contributed by atoms with E-state index in [0.717, 1.165) is 42.8 Å². The van der Waals surface area contributed by atoms with Crippen LogP contribution in [0, 0.1) is 5.92 Å². The van der Waals surface area contributed by atoms with Gasteiger partial charge in [-0.05, 0) is 41.3 Å². The Bertz CT molecular complexity index is 915. The van der Waals surface area contributed by atoms with Crippen LogP contribution in [0.3, 0.4) is 0 Å². The summed E-state index contributed by atoms with van der Waals surface area (Å²) in [6, 6.07) is 8.27. The first kappa shape index (κ1) is 17.6. The van der Waals surface area contributed by atoms with Crippen LogP contribution >= 0.6 is 0 Å². The van der Waals surface area contributed by atoms with Crippen LogP contribution in [0.4, 0.5) is 0 Å². The molecule has 27 heavy (non-hydrogen) atoms. The third kappa shape index (κ3) is 3.56. The molecule has 142 valence electrons. The molecule has 0 saturated carbocycles. The van der Waals surface area contributed by atoms with Gasteiger partial charge in [0.2, 0.25) is 5.91 Å². The van der Waals surface area contributed by atoms with Gasteiger partial charge in [0.25, 0.3) is 0 Å². The predicted octanol–water partition coefficient (Wildman–Crippen LogP) is 2.43. The molecule has 8 heteroatoms. The standard InChI is InChI=1S/C19H25N7O/c1-14(2)12-26-16-7-4-3-6-15(16)21-19(26)17-8-5-10-25(17)18(27)9-11-24-13-20-22-23-24/h3-4,6-7,13-14,17H,5,8-12H2,1-2H3. The largest absolute Gasteiger partial charge is 0.332 e. The lowest BCUT2D eigenvalue weighted by atomic mass is 10.1. The molecule has 4 rings (SSSR count). The van der Waals surface area contributed by atoms with Gasteiger partial charge in [-0.25, -0.2) is 9.67 Å². The molecule has 0 N–H and O–H groups in total. The minimum absolute atomic E-state index is 0.0394. The van der Waals surface area contributed by atoms with Crippen LogP contribution in [0.2, 0.25) is 0 Å². The number of fused-ring (bicyclic) bond motifs is 1. The Morgan fingerprint density at radius 1 is 1.30 bits per heavy atom. The number of hydrogen-bond donors (Lipinski definition) is 0. The fourth-order valence-corrected chi connectivity index (χ4v) is 3.88. The lowest BCUT2D eigenvalue weighted by Gasteiger charge is -2.25. The minimum atomic E-state index is 0.0394.